The Labute approximate surface area is 255 Å². The SMILES string of the molecule is C[C@@H]1CS(=O)(=O)NC(=O)c2ccc3c(c2)N(C[C@@H]2CC[C@H]2[C@@H](CO)CC[C@@H]1C)C[C@@]1(CCCc2cc(Cl)ccc21)CO3. The Morgan fingerprint density at radius 3 is 2.69 bits per heavy atom. The van der Waals surface area contributed by atoms with Crippen LogP contribution in [-0.4, -0.2) is 51.5 Å². The zero-order valence-electron chi connectivity index (χ0n) is 24.6. The molecule has 1 spiro atoms. The molecular weight excluding hydrogens is 572 g/mol. The molecule has 6 rings (SSSR count). The zero-order chi connectivity index (χ0) is 29.6. The van der Waals surface area contributed by atoms with Gasteiger partial charge in [0.1, 0.15) is 5.75 Å². The number of sulfonamides is 1. The quantitative estimate of drug-likeness (QED) is 0.436. The van der Waals surface area contributed by atoms with E-state index in [1.54, 1.807) is 12.1 Å². The molecule has 1 amide bonds. The minimum atomic E-state index is -3.82. The molecule has 42 heavy (non-hydrogen) atoms. The maximum Gasteiger partial charge on any atom is 0.264 e. The number of ether oxygens (including phenoxy) is 1. The van der Waals surface area contributed by atoms with E-state index < -0.39 is 15.9 Å². The van der Waals surface area contributed by atoms with Gasteiger partial charge >= 0.3 is 0 Å². The van der Waals surface area contributed by atoms with Crippen molar-refractivity contribution < 1.29 is 23.1 Å². The number of amides is 1. The second-order valence-corrected chi connectivity index (χ2v) is 15.7. The van der Waals surface area contributed by atoms with Crippen LogP contribution in [0.3, 0.4) is 0 Å². The Balaban J connectivity index is 1.41. The number of benzene rings is 2. The van der Waals surface area contributed by atoms with Crippen molar-refractivity contribution in [1.82, 2.24) is 4.72 Å². The first-order valence-electron chi connectivity index (χ1n) is 15.5. The van der Waals surface area contributed by atoms with Crippen molar-refractivity contribution in [3.8, 4) is 5.75 Å². The minimum absolute atomic E-state index is 0.109. The molecule has 1 saturated carbocycles. The number of rotatable bonds is 1. The summed E-state index contributed by atoms with van der Waals surface area (Å²) in [6.07, 6.45) is 6.95. The Bertz CT molecular complexity index is 1450. The predicted molar refractivity (Wildman–Crippen MR) is 166 cm³/mol. The summed E-state index contributed by atoms with van der Waals surface area (Å²) >= 11 is 6.40. The third-order valence-electron chi connectivity index (χ3n) is 10.8. The average molecular weight is 615 g/mol. The molecule has 0 unspecified atom stereocenters. The van der Waals surface area contributed by atoms with Gasteiger partial charge in [-0.2, -0.15) is 0 Å². The maximum absolute atomic E-state index is 13.3. The number of nitrogens with zero attached hydrogens (tertiary/aromatic N) is 1. The molecule has 0 saturated heterocycles. The van der Waals surface area contributed by atoms with Crippen molar-refractivity contribution in [2.45, 2.75) is 64.2 Å². The summed E-state index contributed by atoms with van der Waals surface area (Å²) < 4.78 is 34.9. The highest BCUT2D eigenvalue weighted by Crippen LogP contribution is 2.48. The lowest BCUT2D eigenvalue weighted by molar-refractivity contribution is 0.0543. The van der Waals surface area contributed by atoms with Gasteiger partial charge in [-0.1, -0.05) is 37.9 Å². The number of carbonyl (C=O) groups excluding carboxylic acids is 1. The second kappa shape index (κ2) is 11.7. The van der Waals surface area contributed by atoms with Gasteiger partial charge in [-0.05, 0) is 110 Å². The summed E-state index contributed by atoms with van der Waals surface area (Å²) in [5.41, 5.74) is 3.46. The number of aryl methyl sites for hydroxylation is 1. The number of aliphatic hydroxyl groups is 1. The molecule has 0 aromatic heterocycles. The Morgan fingerprint density at radius 1 is 1.10 bits per heavy atom. The molecule has 2 aliphatic heterocycles. The zero-order valence-corrected chi connectivity index (χ0v) is 26.2. The summed E-state index contributed by atoms with van der Waals surface area (Å²) in [6.45, 7) is 6.22. The van der Waals surface area contributed by atoms with E-state index in [9.17, 15) is 18.3 Å². The fourth-order valence-electron chi connectivity index (χ4n) is 7.93. The van der Waals surface area contributed by atoms with Crippen molar-refractivity contribution in [3.63, 3.8) is 0 Å². The van der Waals surface area contributed by atoms with Gasteiger partial charge in [0.05, 0.1) is 18.0 Å². The van der Waals surface area contributed by atoms with E-state index in [1.807, 2.05) is 19.1 Å². The van der Waals surface area contributed by atoms with E-state index >= 15 is 0 Å². The van der Waals surface area contributed by atoms with Crippen LogP contribution in [0.4, 0.5) is 5.69 Å². The molecule has 2 N–H and O–H groups in total. The van der Waals surface area contributed by atoms with E-state index in [-0.39, 0.29) is 35.5 Å². The van der Waals surface area contributed by atoms with Crippen LogP contribution in [0, 0.1) is 29.6 Å². The van der Waals surface area contributed by atoms with Crippen LogP contribution in [0.25, 0.3) is 0 Å². The topological polar surface area (TPSA) is 95.9 Å². The van der Waals surface area contributed by atoms with Crippen LogP contribution in [0.15, 0.2) is 36.4 Å². The number of aliphatic hydroxyl groups excluding tert-OH is 1. The smallest absolute Gasteiger partial charge is 0.264 e. The van der Waals surface area contributed by atoms with Gasteiger partial charge in [-0.25, -0.2) is 13.1 Å². The molecule has 7 nitrogen and oxygen atoms in total. The number of carbonyl (C=O) groups is 1. The van der Waals surface area contributed by atoms with Crippen molar-refractivity contribution in [3.05, 3.63) is 58.1 Å². The third kappa shape index (κ3) is 5.79. The Morgan fingerprint density at radius 2 is 1.93 bits per heavy atom. The van der Waals surface area contributed by atoms with Gasteiger partial charge in [0.15, 0.2) is 0 Å². The van der Waals surface area contributed by atoms with Gasteiger partial charge in [0.25, 0.3) is 5.91 Å². The van der Waals surface area contributed by atoms with Gasteiger partial charge in [0.2, 0.25) is 10.0 Å². The fourth-order valence-corrected chi connectivity index (χ4v) is 9.63. The van der Waals surface area contributed by atoms with Gasteiger partial charge in [0, 0.05) is 35.7 Å². The maximum atomic E-state index is 13.3. The molecule has 2 bridgehead atoms. The minimum Gasteiger partial charge on any atom is -0.490 e. The van der Waals surface area contributed by atoms with Crippen LogP contribution >= 0.6 is 11.6 Å². The predicted octanol–water partition coefficient (Wildman–Crippen LogP) is 5.57. The standard InChI is InChI=1S/C33H43ClN2O5S/c1-21-5-6-26(17-37)28-10-7-25(28)16-36-19-33(13-3-4-23-14-27(34)9-11-29(23)33)20-41-31-12-8-24(15-30(31)36)32(38)35-42(39,40)18-22(21)2/h8-9,11-12,14-15,21-22,25-26,28,37H,3-7,10,13,16-20H2,1-2H3,(H,35,38)/t21-,22+,25-,26+,28+,33-/m0/s1. The van der Waals surface area contributed by atoms with Crippen LogP contribution in [-0.2, 0) is 21.9 Å². The summed E-state index contributed by atoms with van der Waals surface area (Å²) in [4.78, 5) is 15.7. The van der Waals surface area contributed by atoms with E-state index in [0.29, 0.717) is 29.8 Å². The van der Waals surface area contributed by atoms with Crippen molar-refractivity contribution in [2.24, 2.45) is 29.6 Å². The molecule has 0 radical (unpaired) electrons. The third-order valence-corrected chi connectivity index (χ3v) is 12.5. The number of halogens is 1. The molecule has 9 heteroatoms. The highest BCUT2D eigenvalue weighted by Gasteiger charge is 2.44. The highest BCUT2D eigenvalue weighted by molar-refractivity contribution is 7.90. The van der Waals surface area contributed by atoms with Gasteiger partial charge < -0.3 is 14.7 Å². The lowest BCUT2D eigenvalue weighted by Gasteiger charge is -2.46. The molecule has 4 aliphatic rings. The van der Waals surface area contributed by atoms with E-state index in [4.69, 9.17) is 16.3 Å². The van der Waals surface area contributed by atoms with Crippen molar-refractivity contribution in [1.29, 1.82) is 0 Å². The van der Waals surface area contributed by atoms with E-state index in [0.717, 1.165) is 68.7 Å². The average Bonchev–Trinajstić information content (AvgIpc) is 3.08. The molecule has 2 aromatic rings. The second-order valence-electron chi connectivity index (χ2n) is 13.5. The number of hydrogen-bond donors (Lipinski definition) is 2. The van der Waals surface area contributed by atoms with Crippen molar-refractivity contribution in [2.75, 3.05) is 37.0 Å². The number of nitrogens with one attached hydrogen (secondary N) is 1. The highest BCUT2D eigenvalue weighted by atomic mass is 35.5. The van der Waals surface area contributed by atoms with Gasteiger partial charge in [-0.3, -0.25) is 4.79 Å². The number of hydrogen-bond acceptors (Lipinski definition) is 6. The largest absolute Gasteiger partial charge is 0.490 e. The number of anilines is 1. The monoisotopic (exact) mass is 614 g/mol. The summed E-state index contributed by atoms with van der Waals surface area (Å²) in [5, 5.41) is 11.2. The molecule has 6 atom stereocenters. The molecule has 228 valence electrons. The van der Waals surface area contributed by atoms with E-state index in [1.165, 1.54) is 11.1 Å². The van der Waals surface area contributed by atoms with Crippen LogP contribution in [0.5, 0.6) is 5.75 Å². The summed E-state index contributed by atoms with van der Waals surface area (Å²) in [7, 11) is -3.82. The Hall–Kier alpha value is -2.29. The number of fused-ring (bicyclic) bond motifs is 4. The first kappa shape index (κ1) is 29.8. The summed E-state index contributed by atoms with van der Waals surface area (Å²) in [5.74, 6) is 1.09. The first-order chi connectivity index (χ1) is 20.1. The van der Waals surface area contributed by atoms with Crippen LogP contribution < -0.4 is 14.4 Å². The Kier molecular flexibility index (Phi) is 8.26. The first-order valence-corrected chi connectivity index (χ1v) is 17.6. The molecule has 1 fully saturated rings. The summed E-state index contributed by atoms with van der Waals surface area (Å²) in [6, 6.07) is 11.5. The lowest BCUT2D eigenvalue weighted by atomic mass is 9.65. The van der Waals surface area contributed by atoms with E-state index in [2.05, 4.69) is 28.7 Å². The molecule has 2 heterocycles. The van der Waals surface area contributed by atoms with Crippen LogP contribution in [0.1, 0.15) is 73.9 Å². The normalized spacial score (nSPS) is 32.9. The van der Waals surface area contributed by atoms with Crippen molar-refractivity contribution >= 4 is 33.2 Å². The molecule has 2 aliphatic carbocycles. The van der Waals surface area contributed by atoms with Crippen LogP contribution in [0.2, 0.25) is 5.02 Å². The molecular formula is C33H43ClN2O5S. The molecule has 2 aromatic carbocycles. The van der Waals surface area contributed by atoms with Gasteiger partial charge in [-0.15, -0.1) is 0 Å². The lowest BCUT2D eigenvalue weighted by Crippen LogP contribution is -2.49. The fraction of sp³-hybridized carbons (Fsp3) is 0.606.